The highest BCUT2D eigenvalue weighted by Gasteiger charge is 2.14. The van der Waals surface area contributed by atoms with Gasteiger partial charge in [0.15, 0.2) is 0 Å². The predicted octanol–water partition coefficient (Wildman–Crippen LogP) is 2.39. The molecule has 1 atom stereocenters. The number of hydrogen-bond donors (Lipinski definition) is 1. The van der Waals surface area contributed by atoms with E-state index in [1.807, 2.05) is 0 Å². The molecule has 1 aromatic heterocycles. The van der Waals surface area contributed by atoms with Crippen LogP contribution < -0.4 is 5.32 Å². The molecule has 0 bridgehead atoms. The number of thiophene rings is 1. The van der Waals surface area contributed by atoms with Crippen molar-refractivity contribution < 1.29 is 9.53 Å². The van der Waals surface area contributed by atoms with Crippen molar-refractivity contribution in [2.75, 3.05) is 19.6 Å². The molecule has 0 aliphatic carbocycles. The SMILES string of the molecule is COCC(CCl)NC(=O)c1ccc(Cl)s1. The largest absolute Gasteiger partial charge is 0.383 e. The maximum atomic E-state index is 11.6. The molecule has 6 heteroatoms. The Morgan fingerprint density at radius 3 is 2.87 bits per heavy atom. The number of carbonyl (C=O) groups excluding carboxylic acids is 1. The van der Waals surface area contributed by atoms with Crippen LogP contribution >= 0.6 is 34.5 Å². The second-order valence-electron chi connectivity index (χ2n) is 2.88. The van der Waals surface area contributed by atoms with Crippen molar-refractivity contribution in [2.24, 2.45) is 0 Å². The Bertz CT molecular complexity index is 330. The van der Waals surface area contributed by atoms with E-state index in [0.29, 0.717) is 21.7 Å². The summed E-state index contributed by atoms with van der Waals surface area (Å²) >= 11 is 12.6. The first-order valence-electron chi connectivity index (χ1n) is 4.28. The monoisotopic (exact) mass is 267 g/mol. The topological polar surface area (TPSA) is 38.3 Å². The zero-order valence-electron chi connectivity index (χ0n) is 8.13. The summed E-state index contributed by atoms with van der Waals surface area (Å²) in [6.45, 7) is 0.397. The van der Waals surface area contributed by atoms with Gasteiger partial charge in [-0.15, -0.1) is 22.9 Å². The van der Waals surface area contributed by atoms with E-state index in [1.54, 1.807) is 19.2 Å². The van der Waals surface area contributed by atoms with Crippen molar-refractivity contribution in [2.45, 2.75) is 6.04 Å². The van der Waals surface area contributed by atoms with E-state index in [4.69, 9.17) is 27.9 Å². The standard InChI is InChI=1S/C9H11Cl2NO2S/c1-14-5-6(4-10)12-9(13)7-2-3-8(11)15-7/h2-3,6H,4-5H2,1H3,(H,12,13). The van der Waals surface area contributed by atoms with Crippen LogP contribution in [0.5, 0.6) is 0 Å². The Balaban J connectivity index is 2.54. The lowest BCUT2D eigenvalue weighted by Gasteiger charge is -2.13. The fourth-order valence-corrected chi connectivity index (χ4v) is 2.13. The van der Waals surface area contributed by atoms with Gasteiger partial charge in [0.1, 0.15) is 0 Å². The number of nitrogens with one attached hydrogen (secondary N) is 1. The fourth-order valence-electron chi connectivity index (χ4n) is 1.02. The summed E-state index contributed by atoms with van der Waals surface area (Å²) in [5.41, 5.74) is 0. The van der Waals surface area contributed by atoms with Gasteiger partial charge in [-0.3, -0.25) is 4.79 Å². The molecule has 1 amide bonds. The van der Waals surface area contributed by atoms with Gasteiger partial charge < -0.3 is 10.1 Å². The van der Waals surface area contributed by atoms with Gasteiger partial charge >= 0.3 is 0 Å². The van der Waals surface area contributed by atoms with Crippen molar-refractivity contribution in [1.82, 2.24) is 5.32 Å². The van der Waals surface area contributed by atoms with Crippen LogP contribution in [0.25, 0.3) is 0 Å². The number of hydrogen-bond acceptors (Lipinski definition) is 3. The number of methoxy groups -OCH3 is 1. The molecule has 3 nitrogen and oxygen atoms in total. The minimum absolute atomic E-state index is 0.172. The maximum Gasteiger partial charge on any atom is 0.261 e. The Labute approximate surface area is 102 Å². The minimum Gasteiger partial charge on any atom is -0.383 e. The molecule has 1 aromatic rings. The molecule has 1 heterocycles. The van der Waals surface area contributed by atoms with E-state index in [1.165, 1.54) is 11.3 Å². The molecule has 0 aromatic carbocycles. The number of halogens is 2. The van der Waals surface area contributed by atoms with Crippen molar-refractivity contribution >= 4 is 40.4 Å². The molecule has 1 rings (SSSR count). The molecule has 1 N–H and O–H groups in total. The van der Waals surface area contributed by atoms with Gasteiger partial charge in [-0.1, -0.05) is 11.6 Å². The van der Waals surface area contributed by atoms with Crippen LogP contribution in [0.3, 0.4) is 0 Å². The molecule has 1 unspecified atom stereocenters. The summed E-state index contributed by atoms with van der Waals surface area (Å²) in [6, 6.07) is 3.19. The third-order valence-electron chi connectivity index (χ3n) is 1.69. The molecule has 84 valence electrons. The van der Waals surface area contributed by atoms with E-state index in [-0.39, 0.29) is 11.9 Å². The summed E-state index contributed by atoms with van der Waals surface area (Å²) in [6.07, 6.45) is 0. The number of ether oxygens (including phenoxy) is 1. The summed E-state index contributed by atoms with van der Waals surface area (Å²) in [5, 5.41) is 2.75. The number of amides is 1. The van der Waals surface area contributed by atoms with Crippen LogP contribution in [-0.4, -0.2) is 31.5 Å². The lowest BCUT2D eigenvalue weighted by molar-refractivity contribution is 0.0911. The fraction of sp³-hybridized carbons (Fsp3) is 0.444. The first-order valence-corrected chi connectivity index (χ1v) is 6.01. The van der Waals surface area contributed by atoms with Crippen LogP contribution in [0.4, 0.5) is 0 Å². The lowest BCUT2D eigenvalue weighted by atomic mass is 10.3. The number of alkyl halides is 1. The molecule has 0 fully saturated rings. The minimum atomic E-state index is -0.176. The average molecular weight is 268 g/mol. The summed E-state index contributed by atoms with van der Waals surface area (Å²) in [7, 11) is 1.56. The van der Waals surface area contributed by atoms with Gasteiger partial charge in [-0.2, -0.15) is 0 Å². The van der Waals surface area contributed by atoms with E-state index in [2.05, 4.69) is 5.32 Å². The Kier molecular flexibility index (Phi) is 5.39. The molecule has 0 saturated heterocycles. The summed E-state index contributed by atoms with van der Waals surface area (Å²) in [4.78, 5) is 12.2. The number of carbonyl (C=O) groups is 1. The highest BCUT2D eigenvalue weighted by molar-refractivity contribution is 7.17. The normalized spacial score (nSPS) is 12.5. The second kappa shape index (κ2) is 6.33. The second-order valence-corrected chi connectivity index (χ2v) is 4.91. The highest BCUT2D eigenvalue weighted by Crippen LogP contribution is 2.21. The Hall–Kier alpha value is -0.290. The summed E-state index contributed by atoms with van der Waals surface area (Å²) < 4.78 is 5.51. The van der Waals surface area contributed by atoms with Gasteiger partial charge in [-0.05, 0) is 12.1 Å². The van der Waals surface area contributed by atoms with Crippen molar-refractivity contribution in [1.29, 1.82) is 0 Å². The first-order chi connectivity index (χ1) is 7.17. The zero-order valence-corrected chi connectivity index (χ0v) is 10.5. The van der Waals surface area contributed by atoms with Crippen LogP contribution in [0.15, 0.2) is 12.1 Å². The van der Waals surface area contributed by atoms with Gasteiger partial charge in [0.05, 0.1) is 21.9 Å². The Morgan fingerprint density at radius 1 is 1.67 bits per heavy atom. The van der Waals surface area contributed by atoms with Gasteiger partial charge in [0, 0.05) is 13.0 Å². The molecular weight excluding hydrogens is 257 g/mol. The third kappa shape index (κ3) is 3.99. The average Bonchev–Trinajstić information content (AvgIpc) is 2.64. The van der Waals surface area contributed by atoms with Crippen LogP contribution in [0.2, 0.25) is 4.34 Å². The molecule has 15 heavy (non-hydrogen) atoms. The van der Waals surface area contributed by atoms with Crippen molar-refractivity contribution in [3.8, 4) is 0 Å². The molecule has 0 aliphatic rings. The quantitative estimate of drug-likeness (QED) is 0.833. The molecule has 0 radical (unpaired) electrons. The smallest absolute Gasteiger partial charge is 0.261 e. The van der Waals surface area contributed by atoms with Crippen LogP contribution in [0.1, 0.15) is 9.67 Å². The van der Waals surface area contributed by atoms with E-state index in [9.17, 15) is 4.79 Å². The molecular formula is C9H11Cl2NO2S. The predicted molar refractivity (Wildman–Crippen MR) is 63.2 cm³/mol. The van der Waals surface area contributed by atoms with E-state index < -0.39 is 0 Å². The molecule has 0 saturated carbocycles. The molecule has 0 aliphatic heterocycles. The van der Waals surface area contributed by atoms with Crippen molar-refractivity contribution in [3.05, 3.63) is 21.3 Å². The Morgan fingerprint density at radius 2 is 2.40 bits per heavy atom. The van der Waals surface area contributed by atoms with Crippen molar-refractivity contribution in [3.63, 3.8) is 0 Å². The van der Waals surface area contributed by atoms with Crippen LogP contribution in [0, 0.1) is 0 Å². The summed E-state index contributed by atoms with van der Waals surface area (Å²) in [5.74, 6) is 0.146. The molecule has 0 spiro atoms. The van der Waals surface area contributed by atoms with E-state index >= 15 is 0 Å². The lowest BCUT2D eigenvalue weighted by Crippen LogP contribution is -2.39. The third-order valence-corrected chi connectivity index (χ3v) is 3.29. The maximum absolute atomic E-state index is 11.6. The highest BCUT2D eigenvalue weighted by atomic mass is 35.5. The van der Waals surface area contributed by atoms with Crippen LogP contribution in [-0.2, 0) is 4.74 Å². The zero-order chi connectivity index (χ0) is 11.3. The van der Waals surface area contributed by atoms with Gasteiger partial charge in [-0.25, -0.2) is 0 Å². The van der Waals surface area contributed by atoms with Gasteiger partial charge in [0.25, 0.3) is 5.91 Å². The first kappa shape index (κ1) is 12.8. The van der Waals surface area contributed by atoms with E-state index in [0.717, 1.165) is 0 Å². The van der Waals surface area contributed by atoms with Gasteiger partial charge in [0.2, 0.25) is 0 Å². The number of rotatable bonds is 5.